The van der Waals surface area contributed by atoms with Gasteiger partial charge in [-0.25, -0.2) is 19.2 Å². The summed E-state index contributed by atoms with van der Waals surface area (Å²) < 4.78 is 18.9. The van der Waals surface area contributed by atoms with Crippen LogP contribution in [0.4, 0.5) is 15.1 Å². The lowest BCUT2D eigenvalue weighted by molar-refractivity contribution is 0.0209. The molecule has 1 spiro atoms. The summed E-state index contributed by atoms with van der Waals surface area (Å²) in [5, 5.41) is 0. The molecule has 7 nitrogen and oxygen atoms in total. The Morgan fingerprint density at radius 3 is 2.75 bits per heavy atom. The minimum atomic E-state index is -0.444. The molecular formula is C16H24FN5O2. The summed E-state index contributed by atoms with van der Waals surface area (Å²) in [6, 6.07) is 0.0305. The van der Waals surface area contributed by atoms with Crippen LogP contribution < -0.4 is 4.90 Å². The highest BCUT2D eigenvalue weighted by atomic mass is 19.1. The molecule has 1 aromatic rings. The van der Waals surface area contributed by atoms with E-state index in [-0.39, 0.29) is 11.4 Å². The Hall–Kier alpha value is -1.96. The summed E-state index contributed by atoms with van der Waals surface area (Å²) in [4.78, 5) is 26.1. The maximum absolute atomic E-state index is 13.1. The second-order valence-electron chi connectivity index (χ2n) is 6.88. The fourth-order valence-electron chi connectivity index (χ4n) is 3.53. The number of rotatable bonds is 1. The second kappa shape index (κ2) is 6.88. The molecule has 2 amide bonds. The Bertz CT molecular complexity index is 582. The highest BCUT2D eigenvalue weighted by Crippen LogP contribution is 2.34. The first-order chi connectivity index (χ1) is 11.5. The normalized spacial score (nSPS) is 24.8. The summed E-state index contributed by atoms with van der Waals surface area (Å²) >= 11 is 0. The Balaban J connectivity index is 1.78. The van der Waals surface area contributed by atoms with E-state index < -0.39 is 5.82 Å². The van der Waals surface area contributed by atoms with E-state index in [0.29, 0.717) is 38.8 Å². The van der Waals surface area contributed by atoms with E-state index >= 15 is 0 Å². The first-order valence-corrected chi connectivity index (χ1v) is 8.26. The number of carbonyl (C=O) groups is 1. The van der Waals surface area contributed by atoms with Crippen LogP contribution in [0.1, 0.15) is 12.8 Å². The van der Waals surface area contributed by atoms with E-state index in [0.717, 1.165) is 19.4 Å². The lowest BCUT2D eigenvalue weighted by Gasteiger charge is -2.44. The van der Waals surface area contributed by atoms with Gasteiger partial charge in [0.15, 0.2) is 5.82 Å². The molecule has 0 bridgehead atoms. The maximum atomic E-state index is 13.1. The number of piperidine rings is 1. The van der Waals surface area contributed by atoms with E-state index in [1.165, 1.54) is 12.4 Å². The van der Waals surface area contributed by atoms with Gasteiger partial charge in [-0.15, -0.1) is 0 Å². The van der Waals surface area contributed by atoms with E-state index in [2.05, 4.69) is 9.97 Å². The molecule has 0 N–H and O–H groups in total. The minimum Gasteiger partial charge on any atom is -0.379 e. The van der Waals surface area contributed by atoms with Gasteiger partial charge in [-0.1, -0.05) is 0 Å². The molecule has 1 unspecified atom stereocenters. The molecule has 0 saturated carbocycles. The number of aromatic nitrogens is 2. The summed E-state index contributed by atoms with van der Waals surface area (Å²) in [6.45, 7) is 3.98. The maximum Gasteiger partial charge on any atom is 0.319 e. The molecule has 0 radical (unpaired) electrons. The van der Waals surface area contributed by atoms with Crippen molar-refractivity contribution in [2.24, 2.45) is 5.41 Å². The van der Waals surface area contributed by atoms with Crippen LogP contribution >= 0.6 is 0 Å². The van der Waals surface area contributed by atoms with Gasteiger partial charge in [0.1, 0.15) is 0 Å². The number of urea groups is 1. The number of amides is 2. The summed E-state index contributed by atoms with van der Waals surface area (Å²) in [7, 11) is 3.54. The van der Waals surface area contributed by atoms with Crippen LogP contribution in [-0.2, 0) is 4.74 Å². The third-order valence-electron chi connectivity index (χ3n) is 4.64. The molecular weight excluding hydrogens is 313 g/mol. The van der Waals surface area contributed by atoms with Crippen molar-refractivity contribution in [3.8, 4) is 0 Å². The third-order valence-corrected chi connectivity index (χ3v) is 4.64. The molecule has 2 aliphatic rings. The predicted molar refractivity (Wildman–Crippen MR) is 87.3 cm³/mol. The average Bonchev–Trinajstić information content (AvgIpc) is 2.77. The molecule has 132 valence electrons. The number of halogens is 1. The fraction of sp³-hybridized carbons (Fsp3) is 0.688. The zero-order chi connectivity index (χ0) is 17.2. The van der Waals surface area contributed by atoms with Crippen LogP contribution in [0.5, 0.6) is 0 Å². The molecule has 1 aromatic heterocycles. The number of likely N-dealkylation sites (tertiary alicyclic amines) is 1. The Morgan fingerprint density at radius 2 is 2.04 bits per heavy atom. The van der Waals surface area contributed by atoms with Crippen molar-refractivity contribution < 1.29 is 13.9 Å². The van der Waals surface area contributed by atoms with Gasteiger partial charge in [-0.3, -0.25) is 0 Å². The van der Waals surface area contributed by atoms with Crippen LogP contribution in [0.2, 0.25) is 0 Å². The van der Waals surface area contributed by atoms with Crippen LogP contribution in [0, 0.1) is 11.2 Å². The minimum absolute atomic E-state index is 0.0305. The number of hydrogen-bond acceptors (Lipinski definition) is 5. The molecule has 0 aliphatic carbocycles. The largest absolute Gasteiger partial charge is 0.379 e. The molecule has 0 aromatic carbocycles. The topological polar surface area (TPSA) is 61.8 Å². The lowest BCUT2D eigenvalue weighted by atomic mass is 9.80. The summed E-state index contributed by atoms with van der Waals surface area (Å²) in [5.41, 5.74) is -0.141. The first-order valence-electron chi connectivity index (χ1n) is 8.26. The number of carbonyl (C=O) groups excluding carboxylic acids is 1. The molecule has 8 heteroatoms. The number of ether oxygens (including phenoxy) is 1. The van der Waals surface area contributed by atoms with E-state index in [1.807, 2.05) is 9.80 Å². The van der Waals surface area contributed by atoms with Gasteiger partial charge in [0, 0.05) is 45.7 Å². The van der Waals surface area contributed by atoms with Crippen molar-refractivity contribution in [3.63, 3.8) is 0 Å². The quantitative estimate of drug-likeness (QED) is 0.771. The molecule has 1 atom stereocenters. The zero-order valence-corrected chi connectivity index (χ0v) is 14.2. The van der Waals surface area contributed by atoms with Crippen LogP contribution in [0.15, 0.2) is 12.4 Å². The van der Waals surface area contributed by atoms with E-state index in [1.54, 1.807) is 19.0 Å². The number of hydrogen-bond donors (Lipinski definition) is 0. The van der Waals surface area contributed by atoms with E-state index in [9.17, 15) is 9.18 Å². The van der Waals surface area contributed by atoms with Crippen LogP contribution in [0.3, 0.4) is 0 Å². The van der Waals surface area contributed by atoms with Gasteiger partial charge in [-0.2, -0.15) is 0 Å². The predicted octanol–water partition coefficient (Wildman–Crippen LogP) is 1.22. The molecule has 24 heavy (non-hydrogen) atoms. The zero-order valence-electron chi connectivity index (χ0n) is 14.2. The van der Waals surface area contributed by atoms with Crippen LogP contribution in [-0.4, -0.2) is 79.3 Å². The smallest absolute Gasteiger partial charge is 0.319 e. The fourth-order valence-corrected chi connectivity index (χ4v) is 3.53. The average molecular weight is 337 g/mol. The van der Waals surface area contributed by atoms with Crippen molar-refractivity contribution in [1.29, 1.82) is 0 Å². The molecule has 2 fully saturated rings. The third kappa shape index (κ3) is 3.58. The van der Waals surface area contributed by atoms with Crippen molar-refractivity contribution >= 4 is 12.0 Å². The van der Waals surface area contributed by atoms with E-state index in [4.69, 9.17) is 4.74 Å². The summed E-state index contributed by atoms with van der Waals surface area (Å²) in [6.07, 6.45) is 4.30. The SMILES string of the molecule is CN(C)C(=O)N1CCCC2(COCCN(c3ncc(F)cn3)C2)C1. The van der Waals surface area contributed by atoms with Crippen LogP contribution in [0.25, 0.3) is 0 Å². The van der Waals surface area contributed by atoms with Crippen molar-refractivity contribution in [3.05, 3.63) is 18.2 Å². The standard InChI is InChI=1S/C16H24FN5O2/c1-20(2)15(23)22-5-3-4-16(11-22)10-21(6-7-24-12-16)14-18-8-13(17)9-19-14/h8-9H,3-7,10-12H2,1-2H3. The molecule has 3 rings (SSSR count). The Kier molecular flexibility index (Phi) is 4.84. The first kappa shape index (κ1) is 16.9. The second-order valence-corrected chi connectivity index (χ2v) is 6.88. The van der Waals surface area contributed by atoms with Gasteiger partial charge in [0.25, 0.3) is 0 Å². The highest BCUT2D eigenvalue weighted by Gasteiger charge is 2.41. The molecule has 2 aliphatic heterocycles. The highest BCUT2D eigenvalue weighted by molar-refractivity contribution is 5.74. The van der Waals surface area contributed by atoms with Gasteiger partial charge in [0.05, 0.1) is 25.6 Å². The monoisotopic (exact) mass is 337 g/mol. The number of anilines is 1. The van der Waals surface area contributed by atoms with Crippen molar-refractivity contribution in [2.45, 2.75) is 12.8 Å². The lowest BCUT2D eigenvalue weighted by Crippen LogP contribution is -2.54. The number of nitrogens with zero attached hydrogens (tertiary/aromatic N) is 5. The van der Waals surface area contributed by atoms with Crippen molar-refractivity contribution in [2.75, 3.05) is 58.4 Å². The Labute approximate surface area is 141 Å². The molecule has 3 heterocycles. The molecule has 2 saturated heterocycles. The summed E-state index contributed by atoms with van der Waals surface area (Å²) in [5.74, 6) is 0.0669. The van der Waals surface area contributed by atoms with Gasteiger partial charge in [0.2, 0.25) is 5.95 Å². The van der Waals surface area contributed by atoms with Gasteiger partial charge < -0.3 is 19.4 Å². The van der Waals surface area contributed by atoms with Gasteiger partial charge in [-0.05, 0) is 12.8 Å². The Morgan fingerprint density at radius 1 is 1.29 bits per heavy atom. The van der Waals surface area contributed by atoms with Gasteiger partial charge >= 0.3 is 6.03 Å². The van der Waals surface area contributed by atoms with Crippen molar-refractivity contribution in [1.82, 2.24) is 19.8 Å².